The summed E-state index contributed by atoms with van der Waals surface area (Å²) in [5.41, 5.74) is 6.24. The fraction of sp³-hybridized carbons (Fsp3) is 1.00. The second kappa shape index (κ2) is 8.10. The molecule has 1 rings (SSSR count). The van der Waals surface area contributed by atoms with Crippen LogP contribution in [0.25, 0.3) is 0 Å². The Kier molecular flexibility index (Phi) is 7.15. The van der Waals surface area contributed by atoms with Gasteiger partial charge in [0.05, 0.1) is 12.7 Å². The van der Waals surface area contributed by atoms with Crippen LogP contribution in [0.4, 0.5) is 0 Å². The molecular weight excluding hydrogens is 228 g/mol. The number of hydrogen-bond donors (Lipinski definition) is 2. The predicted molar refractivity (Wildman–Crippen MR) is 74.5 cm³/mol. The van der Waals surface area contributed by atoms with Crippen LogP contribution in [0, 0.1) is 5.92 Å². The highest BCUT2D eigenvalue weighted by Crippen LogP contribution is 2.19. The quantitative estimate of drug-likeness (QED) is 0.721. The molecule has 0 aromatic rings. The van der Waals surface area contributed by atoms with Gasteiger partial charge in [0.15, 0.2) is 0 Å². The van der Waals surface area contributed by atoms with Gasteiger partial charge in [-0.1, -0.05) is 13.8 Å². The van der Waals surface area contributed by atoms with Gasteiger partial charge in [-0.15, -0.1) is 0 Å². The zero-order valence-corrected chi connectivity index (χ0v) is 12.1. The van der Waals surface area contributed by atoms with E-state index in [0.717, 1.165) is 39.0 Å². The van der Waals surface area contributed by atoms with Gasteiger partial charge in [0.25, 0.3) is 0 Å². The lowest BCUT2D eigenvalue weighted by Gasteiger charge is -2.40. The molecule has 0 aromatic carbocycles. The van der Waals surface area contributed by atoms with E-state index < -0.39 is 0 Å². The fourth-order valence-electron chi connectivity index (χ4n) is 2.86. The first kappa shape index (κ1) is 15.9. The minimum absolute atomic E-state index is 0.0513. The molecule has 0 saturated carbocycles. The summed E-state index contributed by atoms with van der Waals surface area (Å²) in [4.78, 5) is 2.32. The van der Waals surface area contributed by atoms with Crippen molar-refractivity contribution in [1.29, 1.82) is 0 Å². The number of aliphatic hydroxyl groups is 1. The standard InChI is InChI=1S/C14H30N2O2/c1-4-18-12-6-5-7-16(9-12)14(10-17)13(15)8-11(2)3/h11-14,17H,4-10,15H2,1-3H3. The number of piperidine rings is 1. The molecule has 0 amide bonds. The van der Waals surface area contributed by atoms with Crippen molar-refractivity contribution in [2.24, 2.45) is 11.7 Å². The summed E-state index contributed by atoms with van der Waals surface area (Å²) in [6.45, 7) is 9.23. The lowest BCUT2D eigenvalue weighted by molar-refractivity contribution is -0.0210. The van der Waals surface area contributed by atoms with Crippen molar-refractivity contribution in [2.75, 3.05) is 26.3 Å². The van der Waals surface area contributed by atoms with Crippen LogP contribution < -0.4 is 5.73 Å². The van der Waals surface area contributed by atoms with Crippen LogP contribution in [0.15, 0.2) is 0 Å². The van der Waals surface area contributed by atoms with Crippen molar-refractivity contribution in [1.82, 2.24) is 4.90 Å². The molecule has 1 heterocycles. The van der Waals surface area contributed by atoms with Gasteiger partial charge < -0.3 is 15.6 Å². The van der Waals surface area contributed by atoms with E-state index in [1.165, 1.54) is 0 Å². The first-order valence-corrected chi connectivity index (χ1v) is 7.30. The predicted octanol–water partition coefficient (Wildman–Crippen LogP) is 1.22. The number of aliphatic hydroxyl groups excluding tert-OH is 1. The number of rotatable bonds is 7. The molecule has 0 spiro atoms. The van der Waals surface area contributed by atoms with Gasteiger partial charge in [-0.2, -0.15) is 0 Å². The van der Waals surface area contributed by atoms with Crippen molar-refractivity contribution in [2.45, 2.75) is 58.2 Å². The Morgan fingerprint density at radius 1 is 1.44 bits per heavy atom. The van der Waals surface area contributed by atoms with E-state index in [0.29, 0.717) is 12.0 Å². The summed E-state index contributed by atoms with van der Waals surface area (Å²) < 4.78 is 5.70. The second-order valence-corrected chi connectivity index (χ2v) is 5.76. The second-order valence-electron chi connectivity index (χ2n) is 5.76. The van der Waals surface area contributed by atoms with Crippen molar-refractivity contribution in [3.8, 4) is 0 Å². The minimum atomic E-state index is 0.0513. The summed E-state index contributed by atoms with van der Waals surface area (Å²) in [5, 5.41) is 9.62. The molecular formula is C14H30N2O2. The molecule has 0 aliphatic carbocycles. The molecule has 108 valence electrons. The molecule has 0 bridgehead atoms. The number of nitrogens with zero attached hydrogens (tertiary/aromatic N) is 1. The average Bonchev–Trinajstić information content (AvgIpc) is 2.30. The lowest BCUT2D eigenvalue weighted by atomic mass is 9.95. The van der Waals surface area contributed by atoms with Gasteiger partial charge in [0, 0.05) is 25.2 Å². The molecule has 3 unspecified atom stereocenters. The maximum Gasteiger partial charge on any atom is 0.0702 e. The van der Waals surface area contributed by atoms with Gasteiger partial charge in [0.1, 0.15) is 0 Å². The Labute approximate surface area is 111 Å². The molecule has 18 heavy (non-hydrogen) atoms. The highest BCUT2D eigenvalue weighted by molar-refractivity contribution is 4.86. The van der Waals surface area contributed by atoms with Crippen LogP contribution >= 0.6 is 0 Å². The Bertz CT molecular complexity index is 222. The van der Waals surface area contributed by atoms with Gasteiger partial charge in [0.2, 0.25) is 0 Å². The maximum atomic E-state index is 9.62. The lowest BCUT2D eigenvalue weighted by Crippen LogP contribution is -2.54. The topological polar surface area (TPSA) is 58.7 Å². The molecule has 3 atom stereocenters. The third-order valence-corrected chi connectivity index (χ3v) is 3.71. The van der Waals surface area contributed by atoms with Gasteiger partial charge >= 0.3 is 0 Å². The zero-order valence-electron chi connectivity index (χ0n) is 12.1. The molecule has 3 N–H and O–H groups in total. The van der Waals surface area contributed by atoms with Gasteiger partial charge in [-0.25, -0.2) is 0 Å². The smallest absolute Gasteiger partial charge is 0.0702 e. The molecule has 1 saturated heterocycles. The molecule has 4 nitrogen and oxygen atoms in total. The zero-order chi connectivity index (χ0) is 13.5. The Hall–Kier alpha value is -0.160. The van der Waals surface area contributed by atoms with Crippen molar-refractivity contribution >= 4 is 0 Å². The van der Waals surface area contributed by atoms with E-state index in [4.69, 9.17) is 10.5 Å². The first-order valence-electron chi connectivity index (χ1n) is 7.30. The fourth-order valence-corrected chi connectivity index (χ4v) is 2.86. The molecule has 1 aliphatic rings. The van der Waals surface area contributed by atoms with E-state index in [1.807, 2.05) is 6.92 Å². The van der Waals surface area contributed by atoms with E-state index in [9.17, 15) is 5.11 Å². The monoisotopic (exact) mass is 258 g/mol. The Balaban J connectivity index is 2.52. The van der Waals surface area contributed by atoms with Crippen molar-refractivity contribution in [3.63, 3.8) is 0 Å². The molecule has 4 heteroatoms. The number of hydrogen-bond acceptors (Lipinski definition) is 4. The normalized spacial score (nSPS) is 25.3. The van der Waals surface area contributed by atoms with Crippen molar-refractivity contribution < 1.29 is 9.84 Å². The van der Waals surface area contributed by atoms with E-state index in [-0.39, 0.29) is 18.7 Å². The summed E-state index contributed by atoms with van der Waals surface area (Å²) >= 11 is 0. The molecule has 0 aromatic heterocycles. The maximum absolute atomic E-state index is 9.62. The van der Waals surface area contributed by atoms with Crippen LogP contribution in [0.1, 0.15) is 40.0 Å². The van der Waals surface area contributed by atoms with E-state index >= 15 is 0 Å². The third-order valence-electron chi connectivity index (χ3n) is 3.71. The van der Waals surface area contributed by atoms with E-state index in [2.05, 4.69) is 18.7 Å². The Morgan fingerprint density at radius 2 is 2.17 bits per heavy atom. The molecule has 1 fully saturated rings. The SMILES string of the molecule is CCOC1CCCN(C(CO)C(N)CC(C)C)C1. The Morgan fingerprint density at radius 3 is 2.72 bits per heavy atom. The van der Waals surface area contributed by atoms with E-state index in [1.54, 1.807) is 0 Å². The van der Waals surface area contributed by atoms with Crippen LogP contribution in [0.2, 0.25) is 0 Å². The van der Waals surface area contributed by atoms with Gasteiger partial charge in [-0.05, 0) is 38.6 Å². The number of ether oxygens (including phenoxy) is 1. The number of nitrogens with two attached hydrogens (primary N) is 1. The van der Waals surface area contributed by atoms with Crippen LogP contribution in [-0.2, 0) is 4.74 Å². The summed E-state index contributed by atoms with van der Waals surface area (Å²) in [7, 11) is 0. The first-order chi connectivity index (χ1) is 8.58. The van der Waals surface area contributed by atoms with Crippen LogP contribution in [-0.4, -0.2) is 54.5 Å². The average molecular weight is 258 g/mol. The van der Waals surface area contributed by atoms with Crippen LogP contribution in [0.5, 0.6) is 0 Å². The highest BCUT2D eigenvalue weighted by atomic mass is 16.5. The number of likely N-dealkylation sites (tertiary alicyclic amines) is 1. The molecule has 0 radical (unpaired) electrons. The van der Waals surface area contributed by atoms with Crippen molar-refractivity contribution in [3.05, 3.63) is 0 Å². The summed E-state index contributed by atoms with van der Waals surface area (Å²) in [6, 6.07) is 0.131. The largest absolute Gasteiger partial charge is 0.395 e. The molecule has 1 aliphatic heterocycles. The minimum Gasteiger partial charge on any atom is -0.395 e. The third kappa shape index (κ3) is 4.84. The summed E-state index contributed by atoms with van der Waals surface area (Å²) in [5.74, 6) is 0.571. The summed E-state index contributed by atoms with van der Waals surface area (Å²) in [6.07, 6.45) is 3.53. The van der Waals surface area contributed by atoms with Crippen LogP contribution in [0.3, 0.4) is 0 Å². The van der Waals surface area contributed by atoms with Gasteiger partial charge in [-0.3, -0.25) is 4.90 Å². The highest BCUT2D eigenvalue weighted by Gasteiger charge is 2.29.